The van der Waals surface area contributed by atoms with E-state index < -0.39 is 17.6 Å². The number of halogens is 7. The monoisotopic (exact) mass is 1900 g/mol. The number of hydrogen-bond donors (Lipinski definition) is 8. The lowest BCUT2D eigenvalue weighted by Crippen LogP contribution is -2.25. The zero-order chi connectivity index (χ0) is 98.4. The van der Waals surface area contributed by atoms with Crippen LogP contribution in [-0.2, 0) is 32.4 Å². The fourth-order valence-electron chi connectivity index (χ4n) is 15.0. The molecule has 5 heterocycles. The van der Waals surface area contributed by atoms with Gasteiger partial charge in [0, 0.05) is 31.8 Å². The Morgan fingerprint density at radius 1 is 0.331 bits per heavy atom. The first-order chi connectivity index (χ1) is 67.4. The molecule has 0 aliphatic carbocycles. The van der Waals surface area contributed by atoms with Gasteiger partial charge in [0.15, 0.2) is 23.0 Å². The van der Waals surface area contributed by atoms with Crippen LogP contribution in [0, 0.1) is 23.3 Å². The standard InChI is InChI=1S/2C27H26FN3O5.C25H19F4N3O2.C25H20FN3O4/c1-33-22-13-17(14-23(34-2)26(22)36-4)15-29-27(32)19-10-12-21-24(25(19)35-3)20(30-31-21)11-7-16-5-8-18(28)9-6-16;1-33-18-13-23(34-2)20(24(14-18)35-3)15-29-27(32)19-10-12-22-25(26(19)36-4)21(30-31-22)11-7-16-5-8-17(28)9-6-16;1-34-23-18(24(33)30-14-16-4-2-3-5-19(16)25(27,28)29)11-13-21-22(23)20(31-32-21)12-8-15-6-9-17(26)10-7-15;1-31-24-18(25(30)27-13-16-5-11-21-22(12-16)33-14-32-21)8-10-20-23(24)19(28-29-20)9-4-15-2-6-17(26)7-3-15/h2*5-14H,15H2,1-4H3,(H,29,32)(H,30,31);2-13H,14H2,1H3,(H,30,33)(H,31,32);2-12H,13-14H2,1H3,(H,27,30)(H,28,29)/b2*11-7+;12-8+;9-4+. The predicted molar refractivity (Wildman–Crippen MR) is 513 cm³/mol. The molecular formula is C104H91F7N12O16. The van der Waals surface area contributed by atoms with Crippen LogP contribution < -0.4 is 78.1 Å². The van der Waals surface area contributed by atoms with Gasteiger partial charge in [0.25, 0.3) is 23.6 Å². The lowest BCUT2D eigenvalue weighted by Gasteiger charge is -2.16. The van der Waals surface area contributed by atoms with Gasteiger partial charge in [0.1, 0.15) is 63.5 Å². The minimum atomic E-state index is -4.53. The molecule has 0 saturated heterocycles. The molecule has 12 aromatic carbocycles. The molecule has 8 N–H and O–H groups in total. The number of carbonyl (C=O) groups is 4. The van der Waals surface area contributed by atoms with Crippen LogP contribution in [0.15, 0.2) is 212 Å². The summed E-state index contributed by atoms with van der Waals surface area (Å²) in [6, 6.07) is 55.3. The quantitative estimate of drug-likeness (QED) is 0.0194. The number of aromatic amines is 4. The molecule has 0 radical (unpaired) electrons. The van der Waals surface area contributed by atoms with Crippen LogP contribution in [0.5, 0.6) is 69.0 Å². The highest BCUT2D eigenvalue weighted by molar-refractivity contribution is 6.09. The van der Waals surface area contributed by atoms with Crippen LogP contribution in [0.25, 0.3) is 92.2 Å². The molecule has 0 spiro atoms. The molecule has 4 amide bonds. The molecule has 0 atom stereocenters. The van der Waals surface area contributed by atoms with Crippen molar-refractivity contribution in [2.75, 3.05) is 77.9 Å². The van der Waals surface area contributed by atoms with Gasteiger partial charge in [-0.1, -0.05) is 97.1 Å². The average Bonchev–Trinajstić information content (AvgIpc) is 1.67. The van der Waals surface area contributed by atoms with Crippen LogP contribution in [0.2, 0.25) is 0 Å². The van der Waals surface area contributed by atoms with Gasteiger partial charge in [-0.05, 0) is 191 Å². The molecule has 28 nitrogen and oxygen atoms in total. The number of fused-ring (bicyclic) bond motifs is 5. The van der Waals surface area contributed by atoms with Gasteiger partial charge in [0.05, 0.1) is 177 Å². The third-order valence-corrected chi connectivity index (χ3v) is 21.9. The summed E-state index contributed by atoms with van der Waals surface area (Å²) < 4.78 is 158. The minimum Gasteiger partial charge on any atom is -0.496 e. The van der Waals surface area contributed by atoms with E-state index in [1.165, 1.54) is 137 Å². The SMILES string of the molecule is COc1c(C(=O)NCc2ccc3c(c2)OCO3)ccc2n[nH]c(/C=C/c3ccc(F)cc3)c12.COc1c(C(=O)NCc2ccccc2C(F)(F)F)ccc2n[nH]c(/C=C/c3ccc(F)cc3)c12.COc1cc(CNC(=O)c2ccc3n[nH]c(/C=C/c4ccc(F)cc4)c3c2OC)cc(OC)c1OC.COc1cc(OC)c(CNC(=O)c2ccc3n[nH]c(/C=C/c4ccc(F)cc4)c3c2OC)c(OC)c1. The molecule has 4 aromatic heterocycles. The number of amides is 4. The van der Waals surface area contributed by atoms with Crippen LogP contribution in [0.1, 0.15) is 114 Å². The van der Waals surface area contributed by atoms with E-state index >= 15 is 0 Å². The molecule has 139 heavy (non-hydrogen) atoms. The second-order valence-corrected chi connectivity index (χ2v) is 30.4. The molecule has 1 aliphatic rings. The maximum atomic E-state index is 13.2. The molecule has 712 valence electrons. The number of methoxy groups -OCH3 is 10. The van der Waals surface area contributed by atoms with Crippen LogP contribution in [-0.4, -0.2) is 142 Å². The summed E-state index contributed by atoms with van der Waals surface area (Å²) >= 11 is 0. The van der Waals surface area contributed by atoms with E-state index in [0.717, 1.165) is 39.4 Å². The van der Waals surface area contributed by atoms with E-state index in [-0.39, 0.29) is 84.3 Å². The smallest absolute Gasteiger partial charge is 0.416 e. The van der Waals surface area contributed by atoms with Crippen molar-refractivity contribution in [2.45, 2.75) is 32.4 Å². The summed E-state index contributed by atoms with van der Waals surface area (Å²) in [6.45, 7) is 0.585. The molecule has 35 heteroatoms. The maximum absolute atomic E-state index is 13.2. The van der Waals surface area contributed by atoms with E-state index in [1.54, 1.807) is 141 Å². The Balaban J connectivity index is 0.000000148. The van der Waals surface area contributed by atoms with Gasteiger partial charge >= 0.3 is 6.18 Å². The summed E-state index contributed by atoms with van der Waals surface area (Å²) in [7, 11) is 15.1. The van der Waals surface area contributed by atoms with Gasteiger partial charge in [-0.15, -0.1) is 0 Å². The van der Waals surface area contributed by atoms with Crippen molar-refractivity contribution >= 4 is 116 Å². The maximum Gasteiger partial charge on any atom is 0.416 e. The number of ether oxygens (including phenoxy) is 12. The molecule has 1 aliphatic heterocycles. The number of nitrogens with one attached hydrogen (secondary N) is 8. The second kappa shape index (κ2) is 45.0. The highest BCUT2D eigenvalue weighted by Crippen LogP contribution is 2.43. The van der Waals surface area contributed by atoms with Gasteiger partial charge in [-0.2, -0.15) is 33.6 Å². The van der Waals surface area contributed by atoms with Gasteiger partial charge in [-0.3, -0.25) is 39.6 Å². The summed E-state index contributed by atoms with van der Waals surface area (Å²) in [6.07, 6.45) is 9.84. The van der Waals surface area contributed by atoms with Gasteiger partial charge < -0.3 is 78.1 Å². The number of benzene rings is 12. The van der Waals surface area contributed by atoms with Crippen molar-refractivity contribution in [3.05, 3.63) is 331 Å². The molecule has 0 fully saturated rings. The highest BCUT2D eigenvalue weighted by atomic mass is 19.4. The van der Waals surface area contributed by atoms with E-state index in [1.807, 2.05) is 48.6 Å². The number of carbonyl (C=O) groups excluding carboxylic acids is 4. The molecule has 0 saturated carbocycles. The summed E-state index contributed by atoms with van der Waals surface area (Å²) in [5, 5.41) is 42.8. The van der Waals surface area contributed by atoms with Crippen molar-refractivity contribution < 1.29 is 107 Å². The topological polar surface area (TPSA) is 342 Å². The van der Waals surface area contributed by atoms with Crippen LogP contribution >= 0.6 is 0 Å². The Morgan fingerprint density at radius 3 is 0.986 bits per heavy atom. The third-order valence-electron chi connectivity index (χ3n) is 21.9. The summed E-state index contributed by atoms with van der Waals surface area (Å²) in [5.41, 5.74) is 10.9. The lowest BCUT2D eigenvalue weighted by molar-refractivity contribution is -0.138. The first-order valence-electron chi connectivity index (χ1n) is 42.6. The largest absolute Gasteiger partial charge is 0.496 e. The molecule has 0 bridgehead atoms. The number of H-pyrrole nitrogens is 4. The normalized spacial score (nSPS) is 11.5. The third kappa shape index (κ3) is 23.1. The van der Waals surface area contributed by atoms with Crippen molar-refractivity contribution in [3.63, 3.8) is 0 Å². The van der Waals surface area contributed by atoms with Crippen molar-refractivity contribution in [2.24, 2.45) is 0 Å². The van der Waals surface area contributed by atoms with Crippen LogP contribution in [0.3, 0.4) is 0 Å². The van der Waals surface area contributed by atoms with E-state index in [4.69, 9.17) is 56.8 Å². The predicted octanol–water partition coefficient (Wildman–Crippen LogP) is 20.0. The van der Waals surface area contributed by atoms with Crippen molar-refractivity contribution in [1.29, 1.82) is 0 Å². The highest BCUT2D eigenvalue weighted by Gasteiger charge is 2.34. The Morgan fingerprint density at radius 2 is 0.655 bits per heavy atom. The second-order valence-electron chi connectivity index (χ2n) is 30.4. The Hall–Kier alpha value is -17.5. The summed E-state index contributed by atoms with van der Waals surface area (Å²) in [5.74, 6) is 3.09. The lowest BCUT2D eigenvalue weighted by atomic mass is 10.1. The number of nitrogens with zero attached hydrogens (tertiary/aromatic N) is 4. The van der Waals surface area contributed by atoms with E-state index in [0.29, 0.717) is 158 Å². The molecular weight excluding hydrogens is 1810 g/mol. The van der Waals surface area contributed by atoms with Gasteiger partial charge in [-0.25, -0.2) is 17.6 Å². The minimum absolute atomic E-state index is 0.0466. The molecule has 0 unspecified atom stereocenters. The number of alkyl halides is 3. The van der Waals surface area contributed by atoms with Crippen LogP contribution in [0.4, 0.5) is 30.7 Å². The zero-order valence-electron chi connectivity index (χ0n) is 76.3. The number of aromatic nitrogens is 8. The molecule has 17 rings (SSSR count). The van der Waals surface area contributed by atoms with E-state index in [2.05, 4.69) is 62.1 Å². The first-order valence-corrected chi connectivity index (χ1v) is 42.6. The van der Waals surface area contributed by atoms with E-state index in [9.17, 15) is 49.9 Å². The number of rotatable bonds is 30. The fourth-order valence-corrected chi connectivity index (χ4v) is 15.0. The number of hydrogen-bond acceptors (Lipinski definition) is 20. The van der Waals surface area contributed by atoms with Crippen molar-refractivity contribution in [3.8, 4) is 69.0 Å². The molecule has 16 aromatic rings. The average molecular weight is 1900 g/mol. The zero-order valence-corrected chi connectivity index (χ0v) is 76.3. The van der Waals surface area contributed by atoms with Crippen molar-refractivity contribution in [1.82, 2.24) is 62.1 Å². The Labute approximate surface area is 790 Å². The summed E-state index contributed by atoms with van der Waals surface area (Å²) in [4.78, 5) is 52.3. The fraction of sp³-hybridized carbons (Fsp3) is 0.154. The van der Waals surface area contributed by atoms with Gasteiger partial charge in [0.2, 0.25) is 12.5 Å². The Bertz CT molecular complexity index is 7210. The first kappa shape index (κ1) is 97.5. The Kier molecular flexibility index (Phi) is 31.6.